The van der Waals surface area contributed by atoms with Crippen molar-refractivity contribution >= 4 is 8.80 Å². The smallest absolute Gasteiger partial charge is 0.0628 e. The molecule has 105 valence electrons. The maximum absolute atomic E-state index is 10.1. The summed E-state index contributed by atoms with van der Waals surface area (Å²) in [5.41, 5.74) is 1.23. The molecule has 1 rings (SSSR count). The molecule has 3 heteroatoms. The van der Waals surface area contributed by atoms with Crippen LogP contribution in [0.5, 0.6) is 0 Å². The topological polar surface area (TPSA) is 40.5 Å². The van der Waals surface area contributed by atoms with Crippen LogP contribution in [0.2, 0.25) is 19.1 Å². The van der Waals surface area contributed by atoms with Gasteiger partial charge >= 0.3 is 0 Å². The molecule has 0 saturated carbocycles. The molecule has 0 aliphatic heterocycles. The average molecular weight is 277 g/mol. The van der Waals surface area contributed by atoms with Crippen LogP contribution in [0.1, 0.15) is 12.0 Å². The first-order chi connectivity index (χ1) is 9.13. The van der Waals surface area contributed by atoms with Crippen molar-refractivity contribution in [3.05, 3.63) is 48.0 Å². The molecule has 2 N–H and O–H groups in total. The van der Waals surface area contributed by atoms with E-state index in [0.717, 1.165) is 12.5 Å². The van der Waals surface area contributed by atoms with Gasteiger partial charge in [-0.1, -0.05) is 55.6 Å². The molecule has 2 nitrogen and oxygen atoms in total. The Hall–Kier alpha value is -0.903. The van der Waals surface area contributed by atoms with Crippen LogP contribution in [0.4, 0.5) is 0 Å². The molecular formula is C16H25O2Si. The van der Waals surface area contributed by atoms with Crippen molar-refractivity contribution in [2.75, 3.05) is 6.61 Å². The number of hydrogen-bond acceptors (Lipinski definition) is 2. The molecule has 0 aliphatic carbocycles. The van der Waals surface area contributed by atoms with Crippen LogP contribution in [0.3, 0.4) is 0 Å². The van der Waals surface area contributed by atoms with Crippen LogP contribution in [0, 0.1) is 5.92 Å². The fraction of sp³-hybridized carbons (Fsp3) is 0.500. The molecule has 1 aromatic rings. The van der Waals surface area contributed by atoms with Crippen molar-refractivity contribution in [3.8, 4) is 0 Å². The van der Waals surface area contributed by atoms with E-state index in [2.05, 4.69) is 31.3 Å². The highest BCUT2D eigenvalue weighted by Crippen LogP contribution is 2.13. The summed E-state index contributed by atoms with van der Waals surface area (Å²) in [7, 11) is -0.268. The first kappa shape index (κ1) is 16.2. The van der Waals surface area contributed by atoms with Gasteiger partial charge in [0, 0.05) is 14.7 Å². The third-order valence-corrected chi connectivity index (χ3v) is 4.24. The van der Waals surface area contributed by atoms with E-state index >= 15 is 0 Å². The summed E-state index contributed by atoms with van der Waals surface area (Å²) < 4.78 is 0. The molecule has 0 aromatic heterocycles. The van der Waals surface area contributed by atoms with E-state index in [0.29, 0.717) is 6.42 Å². The number of hydrogen-bond donors (Lipinski definition) is 2. The number of aryl methyl sites for hydroxylation is 1. The second kappa shape index (κ2) is 9.07. The number of aliphatic hydroxyl groups is 2. The van der Waals surface area contributed by atoms with E-state index in [1.807, 2.05) is 24.3 Å². The molecule has 1 aromatic carbocycles. The van der Waals surface area contributed by atoms with Gasteiger partial charge in [-0.05, 0) is 24.4 Å². The number of aliphatic hydroxyl groups excluding tert-OH is 2. The first-order valence-electron chi connectivity index (χ1n) is 6.92. The fourth-order valence-corrected chi connectivity index (χ4v) is 2.57. The summed E-state index contributed by atoms with van der Waals surface area (Å²) in [5, 5.41) is 19.5. The van der Waals surface area contributed by atoms with E-state index in [4.69, 9.17) is 0 Å². The molecule has 0 unspecified atom stereocenters. The van der Waals surface area contributed by atoms with Crippen LogP contribution in [-0.4, -0.2) is 31.7 Å². The van der Waals surface area contributed by atoms with Gasteiger partial charge in [0.25, 0.3) is 0 Å². The van der Waals surface area contributed by atoms with Crippen LogP contribution >= 0.6 is 0 Å². The molecule has 19 heavy (non-hydrogen) atoms. The van der Waals surface area contributed by atoms with Crippen molar-refractivity contribution in [2.45, 2.75) is 38.1 Å². The van der Waals surface area contributed by atoms with Gasteiger partial charge in [0.15, 0.2) is 0 Å². The molecule has 0 amide bonds. The Morgan fingerprint density at radius 1 is 1.21 bits per heavy atom. The lowest BCUT2D eigenvalue weighted by atomic mass is 9.96. The highest BCUT2D eigenvalue weighted by atomic mass is 28.3. The van der Waals surface area contributed by atoms with Gasteiger partial charge in [-0.15, -0.1) is 0 Å². The maximum Gasteiger partial charge on any atom is 0.0628 e. The minimum Gasteiger partial charge on any atom is -0.396 e. The van der Waals surface area contributed by atoms with Crippen LogP contribution in [0.15, 0.2) is 42.5 Å². The molecule has 0 bridgehead atoms. The summed E-state index contributed by atoms with van der Waals surface area (Å²) >= 11 is 0. The van der Waals surface area contributed by atoms with Gasteiger partial charge < -0.3 is 10.2 Å². The predicted molar refractivity (Wildman–Crippen MR) is 82.8 cm³/mol. The Kier molecular flexibility index (Phi) is 7.71. The van der Waals surface area contributed by atoms with Crippen LogP contribution in [-0.2, 0) is 6.42 Å². The molecular weight excluding hydrogens is 252 g/mol. The van der Waals surface area contributed by atoms with Gasteiger partial charge in [0.2, 0.25) is 0 Å². The molecule has 0 aliphatic rings. The third-order valence-electron chi connectivity index (χ3n) is 3.19. The lowest BCUT2D eigenvalue weighted by molar-refractivity contribution is 0.0850. The summed E-state index contributed by atoms with van der Waals surface area (Å²) in [6.07, 6.45) is 5.16. The second-order valence-corrected chi connectivity index (χ2v) is 8.10. The Labute approximate surface area is 118 Å². The average Bonchev–Trinajstić information content (AvgIpc) is 2.42. The summed E-state index contributed by atoms with van der Waals surface area (Å²) in [4.78, 5) is 0. The van der Waals surface area contributed by atoms with Gasteiger partial charge in [0.1, 0.15) is 0 Å². The van der Waals surface area contributed by atoms with Crippen molar-refractivity contribution in [1.29, 1.82) is 0 Å². The van der Waals surface area contributed by atoms with Crippen molar-refractivity contribution in [3.63, 3.8) is 0 Å². The molecule has 0 spiro atoms. The molecule has 1 radical (unpaired) electrons. The van der Waals surface area contributed by atoms with E-state index < -0.39 is 6.10 Å². The summed E-state index contributed by atoms with van der Waals surface area (Å²) in [6.45, 7) is 4.53. The normalized spacial score (nSPS) is 15.0. The summed E-state index contributed by atoms with van der Waals surface area (Å²) in [6, 6.07) is 11.2. The zero-order chi connectivity index (χ0) is 14.1. The lowest BCUT2D eigenvalue weighted by Crippen LogP contribution is -2.22. The maximum atomic E-state index is 10.1. The van der Waals surface area contributed by atoms with Gasteiger partial charge in [-0.3, -0.25) is 0 Å². The second-order valence-electron chi connectivity index (χ2n) is 5.28. The monoisotopic (exact) mass is 277 g/mol. The van der Waals surface area contributed by atoms with Crippen LogP contribution in [0.25, 0.3) is 0 Å². The van der Waals surface area contributed by atoms with Gasteiger partial charge in [-0.25, -0.2) is 0 Å². The minimum atomic E-state index is -0.467. The standard InChI is InChI=1S/C16H25O2Si/c1-19(2)12-6-9-15(13-17)16(18)11-10-14-7-4-3-5-8-14/h3-9,15-18H,10-13H2,1-2H3/b9-6+/t15-,16+/m0/s1. The van der Waals surface area contributed by atoms with Crippen LogP contribution < -0.4 is 0 Å². The van der Waals surface area contributed by atoms with Gasteiger partial charge in [-0.2, -0.15) is 0 Å². The lowest BCUT2D eigenvalue weighted by Gasteiger charge is -2.17. The first-order valence-corrected chi connectivity index (χ1v) is 9.62. The van der Waals surface area contributed by atoms with E-state index in [1.54, 1.807) is 0 Å². The Morgan fingerprint density at radius 2 is 1.89 bits per heavy atom. The highest BCUT2D eigenvalue weighted by molar-refractivity contribution is 6.56. The molecule has 2 atom stereocenters. The van der Waals surface area contributed by atoms with E-state index in [1.165, 1.54) is 5.56 Å². The molecule has 0 fully saturated rings. The number of allylic oxidation sites excluding steroid dienone is 1. The summed E-state index contributed by atoms with van der Waals surface area (Å²) in [5.74, 6) is -0.134. The minimum absolute atomic E-state index is 0.0158. The van der Waals surface area contributed by atoms with Crippen molar-refractivity contribution in [1.82, 2.24) is 0 Å². The Balaban J connectivity index is 2.41. The SMILES string of the molecule is C[Si](C)C/C=C/[C@@H](CO)[C@H](O)CCc1ccccc1. The number of rotatable bonds is 8. The zero-order valence-electron chi connectivity index (χ0n) is 11.9. The predicted octanol–water partition coefficient (Wildman–Crippen LogP) is 2.90. The van der Waals surface area contributed by atoms with Crippen molar-refractivity contribution in [2.24, 2.45) is 5.92 Å². The quantitative estimate of drug-likeness (QED) is 0.566. The van der Waals surface area contributed by atoms with E-state index in [9.17, 15) is 10.2 Å². The van der Waals surface area contributed by atoms with E-state index in [-0.39, 0.29) is 21.3 Å². The number of benzene rings is 1. The fourth-order valence-electron chi connectivity index (χ4n) is 1.96. The zero-order valence-corrected chi connectivity index (χ0v) is 12.9. The molecule has 0 heterocycles. The third kappa shape index (κ3) is 6.71. The molecule has 0 saturated heterocycles. The van der Waals surface area contributed by atoms with Crippen molar-refractivity contribution < 1.29 is 10.2 Å². The highest BCUT2D eigenvalue weighted by Gasteiger charge is 2.15. The Morgan fingerprint density at radius 3 is 2.47 bits per heavy atom. The van der Waals surface area contributed by atoms with Gasteiger partial charge in [0.05, 0.1) is 12.7 Å². The Bertz CT molecular complexity index is 362. The largest absolute Gasteiger partial charge is 0.396 e.